The maximum absolute atomic E-state index is 12.9. The molecule has 1 saturated heterocycles. The van der Waals surface area contributed by atoms with Crippen LogP contribution in [0.1, 0.15) is 39.0 Å². The number of imide groups is 1. The molecule has 2 aliphatic rings. The predicted molar refractivity (Wildman–Crippen MR) is 90.5 cm³/mol. The second-order valence-electron chi connectivity index (χ2n) is 6.66. The van der Waals surface area contributed by atoms with Crippen molar-refractivity contribution in [3.8, 4) is 0 Å². The van der Waals surface area contributed by atoms with Gasteiger partial charge in [0.2, 0.25) is 5.91 Å². The molecule has 1 aliphatic heterocycles. The molecule has 0 unspecified atom stereocenters. The Morgan fingerprint density at radius 1 is 1.17 bits per heavy atom. The zero-order valence-electron chi connectivity index (χ0n) is 14.1. The van der Waals surface area contributed by atoms with Crippen molar-refractivity contribution in [1.82, 2.24) is 10.2 Å². The summed E-state index contributed by atoms with van der Waals surface area (Å²) in [7, 11) is 1.66. The number of likely N-dealkylation sites (N-methyl/N-ethyl adjacent to an activating group) is 1. The van der Waals surface area contributed by atoms with Crippen LogP contribution in [0.2, 0.25) is 0 Å². The van der Waals surface area contributed by atoms with E-state index < -0.39 is 17.6 Å². The Labute approximate surface area is 141 Å². The van der Waals surface area contributed by atoms with Crippen LogP contribution in [-0.4, -0.2) is 41.4 Å². The van der Waals surface area contributed by atoms with Crippen LogP contribution in [-0.2, 0) is 9.59 Å². The maximum Gasteiger partial charge on any atom is 0.325 e. The van der Waals surface area contributed by atoms with Crippen molar-refractivity contribution in [3.05, 3.63) is 30.3 Å². The fourth-order valence-corrected chi connectivity index (χ4v) is 3.66. The van der Waals surface area contributed by atoms with E-state index >= 15 is 0 Å². The van der Waals surface area contributed by atoms with E-state index in [1.54, 1.807) is 14.0 Å². The van der Waals surface area contributed by atoms with Crippen LogP contribution < -0.4 is 10.2 Å². The monoisotopic (exact) mass is 329 g/mol. The molecule has 1 aliphatic carbocycles. The largest absolute Gasteiger partial charge is 0.325 e. The Bertz CT molecular complexity index is 653. The molecule has 0 bridgehead atoms. The average molecular weight is 329 g/mol. The van der Waals surface area contributed by atoms with Crippen molar-refractivity contribution in [2.24, 2.45) is 0 Å². The number of carbonyl (C=O) groups is 3. The summed E-state index contributed by atoms with van der Waals surface area (Å²) in [5.41, 5.74) is -0.0661. The number of nitrogens with zero attached hydrogens (tertiary/aromatic N) is 2. The molecule has 4 amide bonds. The molecule has 1 heterocycles. The van der Waals surface area contributed by atoms with Crippen molar-refractivity contribution in [1.29, 1.82) is 0 Å². The molecule has 6 nitrogen and oxygen atoms in total. The molecule has 1 spiro atoms. The van der Waals surface area contributed by atoms with Crippen molar-refractivity contribution in [2.75, 3.05) is 11.9 Å². The summed E-state index contributed by atoms with van der Waals surface area (Å²) in [5, 5.41) is 2.85. The number of urea groups is 1. The third-order valence-electron chi connectivity index (χ3n) is 5.12. The molecule has 6 heteroatoms. The highest BCUT2D eigenvalue weighted by Crippen LogP contribution is 2.34. The minimum Gasteiger partial charge on any atom is -0.323 e. The van der Waals surface area contributed by atoms with Crippen LogP contribution in [0.15, 0.2) is 30.3 Å². The van der Waals surface area contributed by atoms with Crippen molar-refractivity contribution >= 4 is 23.5 Å². The van der Waals surface area contributed by atoms with Crippen LogP contribution >= 0.6 is 0 Å². The molecule has 24 heavy (non-hydrogen) atoms. The van der Waals surface area contributed by atoms with Gasteiger partial charge in [-0.3, -0.25) is 9.59 Å². The number of benzene rings is 1. The van der Waals surface area contributed by atoms with Gasteiger partial charge in [-0.15, -0.1) is 0 Å². The summed E-state index contributed by atoms with van der Waals surface area (Å²) in [6.45, 7) is 1.61. The van der Waals surface area contributed by atoms with Crippen LogP contribution in [0, 0.1) is 0 Å². The van der Waals surface area contributed by atoms with Gasteiger partial charge in [-0.1, -0.05) is 37.5 Å². The van der Waals surface area contributed by atoms with Crippen molar-refractivity contribution in [2.45, 2.75) is 50.6 Å². The van der Waals surface area contributed by atoms with Gasteiger partial charge in [0.1, 0.15) is 11.6 Å². The Balaban J connectivity index is 1.79. The summed E-state index contributed by atoms with van der Waals surface area (Å²) in [6, 6.07) is 7.91. The Morgan fingerprint density at radius 3 is 2.42 bits per heavy atom. The lowest BCUT2D eigenvalue weighted by Crippen LogP contribution is -2.51. The third-order valence-corrected chi connectivity index (χ3v) is 5.12. The van der Waals surface area contributed by atoms with E-state index in [1.165, 1.54) is 4.90 Å². The minimum absolute atomic E-state index is 0.255. The minimum atomic E-state index is -0.830. The molecule has 0 aromatic heterocycles. The molecule has 2 fully saturated rings. The zero-order chi connectivity index (χ0) is 17.3. The molecule has 0 radical (unpaired) electrons. The highest BCUT2D eigenvalue weighted by atomic mass is 16.2. The van der Waals surface area contributed by atoms with Gasteiger partial charge in [-0.2, -0.15) is 0 Å². The van der Waals surface area contributed by atoms with E-state index in [2.05, 4.69) is 5.32 Å². The average Bonchev–Trinajstić information content (AvgIpc) is 2.84. The first-order valence-electron chi connectivity index (χ1n) is 8.45. The molecule has 1 saturated carbocycles. The second-order valence-corrected chi connectivity index (χ2v) is 6.66. The summed E-state index contributed by atoms with van der Waals surface area (Å²) in [6.07, 6.45) is 4.24. The number of para-hydroxylation sites is 1. The highest BCUT2D eigenvalue weighted by Gasteiger charge is 2.53. The molecular weight excluding hydrogens is 306 g/mol. The van der Waals surface area contributed by atoms with Crippen molar-refractivity contribution < 1.29 is 14.4 Å². The van der Waals surface area contributed by atoms with Crippen LogP contribution in [0.3, 0.4) is 0 Å². The van der Waals surface area contributed by atoms with Gasteiger partial charge in [0.25, 0.3) is 5.91 Å². The number of amides is 4. The molecule has 1 N–H and O–H groups in total. The first-order valence-corrected chi connectivity index (χ1v) is 8.45. The number of nitrogens with one attached hydrogen (secondary N) is 1. The lowest BCUT2D eigenvalue weighted by atomic mass is 9.81. The molecule has 1 aromatic rings. The fraction of sp³-hybridized carbons (Fsp3) is 0.500. The fourth-order valence-electron chi connectivity index (χ4n) is 3.66. The van der Waals surface area contributed by atoms with E-state index in [0.29, 0.717) is 12.8 Å². The predicted octanol–water partition coefficient (Wildman–Crippen LogP) is 2.29. The molecule has 1 aromatic carbocycles. The molecular formula is C18H23N3O3. The summed E-state index contributed by atoms with van der Waals surface area (Å²) < 4.78 is 0. The van der Waals surface area contributed by atoms with Gasteiger partial charge in [0.15, 0.2) is 0 Å². The number of hydrogen-bond acceptors (Lipinski definition) is 3. The van der Waals surface area contributed by atoms with Gasteiger partial charge in [0.05, 0.1) is 0 Å². The summed E-state index contributed by atoms with van der Waals surface area (Å²) in [4.78, 5) is 40.6. The zero-order valence-corrected chi connectivity index (χ0v) is 14.1. The SMILES string of the molecule is C[C@H](C(=O)N(C)c1ccccc1)N1C(=O)NC2(CCCCC2)C1=O. The van der Waals surface area contributed by atoms with Gasteiger partial charge in [-0.05, 0) is 31.9 Å². The topological polar surface area (TPSA) is 69.7 Å². The second kappa shape index (κ2) is 6.26. The van der Waals surface area contributed by atoms with Crippen LogP contribution in [0.25, 0.3) is 0 Å². The third kappa shape index (κ3) is 2.66. The van der Waals surface area contributed by atoms with Gasteiger partial charge >= 0.3 is 6.03 Å². The number of hydrogen-bond donors (Lipinski definition) is 1. The molecule has 3 rings (SSSR count). The van der Waals surface area contributed by atoms with Gasteiger partial charge in [-0.25, -0.2) is 9.69 Å². The Kier molecular flexibility index (Phi) is 4.30. The first kappa shape index (κ1) is 16.5. The lowest BCUT2D eigenvalue weighted by molar-refractivity contribution is -0.137. The number of anilines is 1. The maximum atomic E-state index is 12.9. The normalized spacial score (nSPS) is 20.8. The van der Waals surface area contributed by atoms with E-state index in [-0.39, 0.29) is 11.8 Å². The Morgan fingerprint density at radius 2 is 1.79 bits per heavy atom. The van der Waals surface area contributed by atoms with E-state index in [9.17, 15) is 14.4 Å². The van der Waals surface area contributed by atoms with E-state index in [4.69, 9.17) is 0 Å². The quantitative estimate of drug-likeness (QED) is 0.865. The highest BCUT2D eigenvalue weighted by molar-refractivity contribution is 6.11. The van der Waals surface area contributed by atoms with Crippen molar-refractivity contribution in [3.63, 3.8) is 0 Å². The lowest BCUT2D eigenvalue weighted by Gasteiger charge is -2.31. The van der Waals surface area contributed by atoms with E-state index in [1.807, 2.05) is 30.3 Å². The van der Waals surface area contributed by atoms with Gasteiger partial charge in [0, 0.05) is 12.7 Å². The van der Waals surface area contributed by atoms with E-state index in [0.717, 1.165) is 29.8 Å². The Hall–Kier alpha value is -2.37. The summed E-state index contributed by atoms with van der Waals surface area (Å²) in [5.74, 6) is -0.535. The van der Waals surface area contributed by atoms with Crippen LogP contribution in [0.5, 0.6) is 0 Å². The molecule has 128 valence electrons. The first-order chi connectivity index (χ1) is 11.5. The smallest absolute Gasteiger partial charge is 0.323 e. The molecule has 1 atom stereocenters. The van der Waals surface area contributed by atoms with Crippen LogP contribution in [0.4, 0.5) is 10.5 Å². The standard InChI is InChI=1S/C18H23N3O3/c1-13(15(22)20(2)14-9-5-3-6-10-14)21-16(23)18(19-17(21)24)11-7-4-8-12-18/h3,5-6,9-10,13H,4,7-8,11-12H2,1-2H3,(H,19,24)/t13-/m1/s1. The van der Waals surface area contributed by atoms with Gasteiger partial charge < -0.3 is 10.2 Å². The number of rotatable bonds is 3. The number of carbonyl (C=O) groups excluding carboxylic acids is 3. The summed E-state index contributed by atoms with van der Waals surface area (Å²) >= 11 is 0.